The molecule has 0 spiro atoms. The number of nitrogens with zero attached hydrogens (tertiary/aromatic N) is 1. The number of para-hydroxylation sites is 1. The minimum atomic E-state index is -1.17. The van der Waals surface area contributed by atoms with Crippen LogP contribution in [0.4, 0.5) is 0 Å². The first kappa shape index (κ1) is 13.8. The summed E-state index contributed by atoms with van der Waals surface area (Å²) in [5.74, 6) is -3.05. The lowest BCUT2D eigenvalue weighted by molar-refractivity contribution is -0.142. The second-order valence-corrected chi connectivity index (χ2v) is 3.72. The van der Waals surface area contributed by atoms with Gasteiger partial charge in [0.2, 0.25) is 0 Å². The SMILES string of the molecule is O=C(O)CN(CC(=O)O)Cc1cccc(O)c1O. The van der Waals surface area contributed by atoms with Gasteiger partial charge in [-0.15, -0.1) is 0 Å². The van der Waals surface area contributed by atoms with E-state index in [4.69, 9.17) is 10.2 Å². The number of rotatable bonds is 6. The summed E-state index contributed by atoms with van der Waals surface area (Å²) in [4.78, 5) is 22.3. The van der Waals surface area contributed by atoms with Gasteiger partial charge in [-0.25, -0.2) is 0 Å². The highest BCUT2D eigenvalue weighted by molar-refractivity contribution is 5.72. The zero-order valence-electron chi connectivity index (χ0n) is 9.41. The number of aromatic hydroxyl groups is 2. The molecule has 7 nitrogen and oxygen atoms in total. The fourth-order valence-corrected chi connectivity index (χ4v) is 1.50. The van der Waals surface area contributed by atoms with Crippen LogP contribution in [0.5, 0.6) is 11.5 Å². The number of phenolic OH excluding ortho intramolecular Hbond substituents is 2. The molecule has 0 radical (unpaired) electrons. The standard InChI is InChI=1S/C11H13NO6/c13-8-3-1-2-7(11(8)18)4-12(5-9(14)15)6-10(16)17/h1-3,13,18H,4-6H2,(H,14,15)(H,16,17). The van der Waals surface area contributed by atoms with E-state index in [9.17, 15) is 19.8 Å². The third-order valence-electron chi connectivity index (χ3n) is 2.21. The van der Waals surface area contributed by atoms with Crippen molar-refractivity contribution in [1.29, 1.82) is 0 Å². The van der Waals surface area contributed by atoms with Gasteiger partial charge >= 0.3 is 11.9 Å². The Hall–Kier alpha value is -2.28. The van der Waals surface area contributed by atoms with Crippen LogP contribution >= 0.6 is 0 Å². The zero-order valence-corrected chi connectivity index (χ0v) is 9.41. The largest absolute Gasteiger partial charge is 0.504 e. The van der Waals surface area contributed by atoms with E-state index in [1.807, 2.05) is 0 Å². The maximum absolute atomic E-state index is 10.6. The van der Waals surface area contributed by atoms with Gasteiger partial charge in [0.15, 0.2) is 11.5 Å². The van der Waals surface area contributed by atoms with Gasteiger partial charge in [-0.1, -0.05) is 12.1 Å². The summed E-state index contributed by atoms with van der Waals surface area (Å²) in [6.45, 7) is -1.03. The van der Waals surface area contributed by atoms with Crippen LogP contribution in [0.1, 0.15) is 5.56 Å². The molecule has 98 valence electrons. The number of phenols is 2. The quantitative estimate of drug-likeness (QED) is 0.531. The molecule has 0 saturated carbocycles. The van der Waals surface area contributed by atoms with Gasteiger partial charge in [0, 0.05) is 12.1 Å². The van der Waals surface area contributed by atoms with Gasteiger partial charge in [-0.05, 0) is 6.07 Å². The average Bonchev–Trinajstić information content (AvgIpc) is 2.23. The van der Waals surface area contributed by atoms with Crippen molar-refractivity contribution < 1.29 is 30.0 Å². The molecule has 0 amide bonds. The Bertz CT molecular complexity index is 443. The van der Waals surface area contributed by atoms with Crippen LogP contribution in [-0.4, -0.2) is 50.4 Å². The molecule has 0 aromatic heterocycles. The predicted molar refractivity (Wildman–Crippen MR) is 60.3 cm³/mol. The number of hydrogen-bond acceptors (Lipinski definition) is 5. The van der Waals surface area contributed by atoms with E-state index in [1.165, 1.54) is 18.2 Å². The fraction of sp³-hybridized carbons (Fsp3) is 0.273. The Morgan fingerprint density at radius 2 is 1.61 bits per heavy atom. The average molecular weight is 255 g/mol. The summed E-state index contributed by atoms with van der Waals surface area (Å²) in [5, 5.41) is 36.1. The molecule has 7 heteroatoms. The Balaban J connectivity index is 2.84. The van der Waals surface area contributed by atoms with Crippen LogP contribution in [-0.2, 0) is 16.1 Å². The summed E-state index contributed by atoms with van der Waals surface area (Å²) in [6.07, 6.45) is 0. The Labute approximate surface area is 103 Å². The molecule has 0 aliphatic rings. The maximum Gasteiger partial charge on any atom is 0.317 e. The molecule has 0 atom stereocenters. The van der Waals surface area contributed by atoms with Gasteiger partial charge in [-0.3, -0.25) is 14.5 Å². The molecule has 0 unspecified atom stereocenters. The van der Waals surface area contributed by atoms with Crippen molar-refractivity contribution in [3.63, 3.8) is 0 Å². The van der Waals surface area contributed by atoms with Gasteiger partial charge in [0.1, 0.15) is 0 Å². The lowest BCUT2D eigenvalue weighted by atomic mass is 10.1. The van der Waals surface area contributed by atoms with E-state index < -0.39 is 25.0 Å². The van der Waals surface area contributed by atoms with E-state index in [0.717, 1.165) is 4.90 Å². The highest BCUT2D eigenvalue weighted by Gasteiger charge is 2.16. The minimum absolute atomic E-state index is 0.0845. The highest BCUT2D eigenvalue weighted by Crippen LogP contribution is 2.28. The number of aliphatic carboxylic acids is 2. The molecule has 0 fully saturated rings. The number of hydrogen-bond donors (Lipinski definition) is 4. The van der Waals surface area contributed by atoms with Crippen molar-refractivity contribution >= 4 is 11.9 Å². The lowest BCUT2D eigenvalue weighted by Crippen LogP contribution is -2.33. The lowest BCUT2D eigenvalue weighted by Gasteiger charge is -2.18. The van der Waals surface area contributed by atoms with Crippen LogP contribution in [0.25, 0.3) is 0 Å². The van der Waals surface area contributed by atoms with Crippen LogP contribution in [0.15, 0.2) is 18.2 Å². The second kappa shape index (κ2) is 5.87. The van der Waals surface area contributed by atoms with Crippen LogP contribution in [0.2, 0.25) is 0 Å². The molecule has 0 aliphatic heterocycles. The summed E-state index contributed by atoms with van der Waals surface area (Å²) >= 11 is 0. The van der Waals surface area contributed by atoms with E-state index >= 15 is 0 Å². The van der Waals surface area contributed by atoms with Crippen LogP contribution < -0.4 is 0 Å². The first-order valence-corrected chi connectivity index (χ1v) is 5.06. The van der Waals surface area contributed by atoms with Crippen LogP contribution in [0.3, 0.4) is 0 Å². The normalized spacial score (nSPS) is 10.5. The molecular weight excluding hydrogens is 242 g/mol. The molecule has 0 heterocycles. The smallest absolute Gasteiger partial charge is 0.317 e. The van der Waals surface area contributed by atoms with Crippen LogP contribution in [0, 0.1) is 0 Å². The molecule has 0 aliphatic carbocycles. The van der Waals surface area contributed by atoms with Crippen molar-refractivity contribution in [3.05, 3.63) is 23.8 Å². The number of carboxylic acids is 2. The number of benzene rings is 1. The fourth-order valence-electron chi connectivity index (χ4n) is 1.50. The Morgan fingerprint density at radius 3 is 2.11 bits per heavy atom. The predicted octanol–water partition coefficient (Wildman–Crippen LogP) is 0.0690. The Morgan fingerprint density at radius 1 is 1.06 bits per heavy atom. The molecule has 0 saturated heterocycles. The minimum Gasteiger partial charge on any atom is -0.504 e. The van der Waals surface area contributed by atoms with Crippen molar-refractivity contribution in [3.8, 4) is 11.5 Å². The summed E-state index contributed by atoms with van der Waals surface area (Å²) in [5.41, 5.74) is 0.262. The molecule has 0 bridgehead atoms. The highest BCUT2D eigenvalue weighted by atomic mass is 16.4. The Kier molecular flexibility index (Phi) is 4.50. The maximum atomic E-state index is 10.6. The molecule has 4 N–H and O–H groups in total. The van der Waals surface area contributed by atoms with Crippen molar-refractivity contribution in [1.82, 2.24) is 4.90 Å². The molecule has 1 aromatic rings. The molecule has 1 rings (SSSR count). The van der Waals surface area contributed by atoms with E-state index in [-0.39, 0.29) is 23.6 Å². The van der Waals surface area contributed by atoms with E-state index in [0.29, 0.717) is 0 Å². The number of carbonyl (C=O) groups is 2. The van der Waals surface area contributed by atoms with E-state index in [2.05, 4.69) is 0 Å². The zero-order chi connectivity index (χ0) is 13.7. The van der Waals surface area contributed by atoms with E-state index in [1.54, 1.807) is 0 Å². The molecular formula is C11H13NO6. The van der Waals surface area contributed by atoms with Gasteiger partial charge < -0.3 is 20.4 Å². The van der Waals surface area contributed by atoms with Gasteiger partial charge in [-0.2, -0.15) is 0 Å². The first-order valence-electron chi connectivity index (χ1n) is 5.06. The summed E-state index contributed by atoms with van der Waals surface area (Å²) in [6, 6.07) is 4.23. The summed E-state index contributed by atoms with van der Waals surface area (Å²) < 4.78 is 0. The second-order valence-electron chi connectivity index (χ2n) is 3.72. The van der Waals surface area contributed by atoms with Crippen molar-refractivity contribution in [2.45, 2.75) is 6.54 Å². The molecule has 18 heavy (non-hydrogen) atoms. The topological polar surface area (TPSA) is 118 Å². The summed E-state index contributed by atoms with van der Waals surface area (Å²) in [7, 11) is 0. The number of carboxylic acid groups (broad SMARTS) is 2. The first-order chi connectivity index (χ1) is 8.40. The van der Waals surface area contributed by atoms with Crippen molar-refractivity contribution in [2.75, 3.05) is 13.1 Å². The van der Waals surface area contributed by atoms with Gasteiger partial charge in [0.05, 0.1) is 13.1 Å². The monoisotopic (exact) mass is 255 g/mol. The third kappa shape index (κ3) is 3.95. The molecule has 1 aromatic carbocycles. The van der Waals surface area contributed by atoms with Gasteiger partial charge in [0.25, 0.3) is 0 Å². The third-order valence-corrected chi connectivity index (χ3v) is 2.21. The van der Waals surface area contributed by atoms with Crippen molar-refractivity contribution in [2.24, 2.45) is 0 Å².